The lowest BCUT2D eigenvalue weighted by atomic mass is 9.91. The minimum absolute atomic E-state index is 0.152. The summed E-state index contributed by atoms with van der Waals surface area (Å²) in [6.45, 7) is 0.391. The minimum Gasteiger partial charge on any atom is -0.393 e. The van der Waals surface area contributed by atoms with Gasteiger partial charge in [0.2, 0.25) is 5.91 Å². The van der Waals surface area contributed by atoms with E-state index in [1.54, 1.807) is 7.11 Å². The highest BCUT2D eigenvalue weighted by Gasteiger charge is 2.34. The van der Waals surface area contributed by atoms with E-state index in [1.807, 2.05) is 78.9 Å². The second-order valence-electron chi connectivity index (χ2n) is 9.98. The number of benzene rings is 3. The van der Waals surface area contributed by atoms with Crippen molar-refractivity contribution in [2.75, 3.05) is 7.11 Å². The van der Waals surface area contributed by atoms with Crippen LogP contribution < -0.4 is 5.32 Å². The molecule has 1 aliphatic rings. The van der Waals surface area contributed by atoms with E-state index in [0.29, 0.717) is 32.4 Å². The van der Waals surface area contributed by atoms with Gasteiger partial charge in [-0.1, -0.05) is 72.8 Å². The third kappa shape index (κ3) is 5.62. The van der Waals surface area contributed by atoms with Crippen LogP contribution in [0.4, 0.5) is 0 Å². The van der Waals surface area contributed by atoms with Crippen LogP contribution in [-0.4, -0.2) is 40.0 Å². The number of ether oxygens (including phenoxy) is 1. The van der Waals surface area contributed by atoms with Crippen molar-refractivity contribution in [2.24, 2.45) is 5.92 Å². The molecule has 37 heavy (non-hydrogen) atoms. The summed E-state index contributed by atoms with van der Waals surface area (Å²) in [5.74, 6) is -0.598. The summed E-state index contributed by atoms with van der Waals surface area (Å²) < 4.78 is 7.49. The van der Waals surface area contributed by atoms with Gasteiger partial charge in [-0.15, -0.1) is 0 Å². The van der Waals surface area contributed by atoms with Gasteiger partial charge in [0.25, 0.3) is 0 Å². The Morgan fingerprint density at radius 1 is 1.03 bits per heavy atom. The molecule has 3 N–H and O–H groups in total. The zero-order valence-corrected chi connectivity index (χ0v) is 21.1. The van der Waals surface area contributed by atoms with Crippen LogP contribution in [-0.2, 0) is 35.5 Å². The molecular weight excluding hydrogens is 464 g/mol. The molecule has 0 bridgehead atoms. The van der Waals surface area contributed by atoms with Crippen LogP contribution in [0.3, 0.4) is 0 Å². The van der Waals surface area contributed by atoms with Crippen molar-refractivity contribution < 1.29 is 19.7 Å². The molecule has 0 radical (unpaired) electrons. The Morgan fingerprint density at radius 2 is 1.76 bits per heavy atom. The average Bonchev–Trinajstić information content (AvgIpc) is 3.41. The molecule has 6 heteroatoms. The molecule has 0 aliphatic heterocycles. The number of carbonyl (C=O) groups is 1. The van der Waals surface area contributed by atoms with Crippen LogP contribution >= 0.6 is 0 Å². The average molecular weight is 499 g/mol. The summed E-state index contributed by atoms with van der Waals surface area (Å²) in [4.78, 5) is 13.6. The monoisotopic (exact) mass is 498 g/mol. The molecule has 192 valence electrons. The zero-order chi connectivity index (χ0) is 25.8. The molecule has 0 unspecified atom stereocenters. The highest BCUT2D eigenvalue weighted by molar-refractivity contribution is 5.81. The van der Waals surface area contributed by atoms with Gasteiger partial charge in [0.05, 0.1) is 23.8 Å². The Labute approximate surface area is 217 Å². The zero-order valence-electron chi connectivity index (χ0n) is 21.1. The number of hydrogen-bond acceptors (Lipinski definition) is 4. The number of aliphatic hydroxyl groups is 2. The van der Waals surface area contributed by atoms with Crippen LogP contribution in [0.15, 0.2) is 84.9 Å². The predicted octanol–water partition coefficient (Wildman–Crippen LogP) is 4.17. The SMILES string of the molecule is COCn1c(C[C@@H](O)C[C@@H](Cc2ccccc2)C(=O)N[C@H]2c3ccccc3C[C@H]2O)cc2ccccc21. The Balaban J connectivity index is 1.35. The molecule has 5 rings (SSSR count). The van der Waals surface area contributed by atoms with E-state index in [9.17, 15) is 15.0 Å². The first kappa shape index (κ1) is 25.2. The van der Waals surface area contributed by atoms with E-state index in [4.69, 9.17) is 4.74 Å². The minimum atomic E-state index is -0.722. The third-order valence-electron chi connectivity index (χ3n) is 7.35. The topological polar surface area (TPSA) is 83.7 Å². The Bertz CT molecular complexity index is 1350. The van der Waals surface area contributed by atoms with Gasteiger partial charge in [-0.05, 0) is 47.1 Å². The number of hydrogen-bond donors (Lipinski definition) is 3. The molecule has 3 aromatic carbocycles. The summed E-state index contributed by atoms with van der Waals surface area (Å²) in [7, 11) is 1.66. The molecule has 0 fully saturated rings. The maximum atomic E-state index is 13.6. The lowest BCUT2D eigenvalue weighted by molar-refractivity contribution is -0.127. The largest absolute Gasteiger partial charge is 0.393 e. The standard InChI is InChI=1S/C31H34N2O4/c1-37-20-33-25(16-23-12-6-8-14-28(23)33)19-26(34)17-24(15-21-9-3-2-4-10-21)31(36)32-30-27-13-7-5-11-22(27)18-29(30)35/h2-14,16,24,26,29-30,34-35H,15,17-20H2,1H3,(H,32,36)/t24-,26+,29-,30+/m1/s1. The van der Waals surface area contributed by atoms with Gasteiger partial charge in [-0.3, -0.25) is 4.79 Å². The fourth-order valence-electron chi connectivity index (χ4n) is 5.57. The molecule has 0 saturated heterocycles. The molecule has 0 spiro atoms. The van der Waals surface area contributed by atoms with E-state index in [0.717, 1.165) is 33.3 Å². The van der Waals surface area contributed by atoms with Gasteiger partial charge in [0.1, 0.15) is 6.73 Å². The smallest absolute Gasteiger partial charge is 0.224 e. The van der Waals surface area contributed by atoms with Crippen LogP contribution in [0.5, 0.6) is 0 Å². The number of amides is 1. The normalized spacial score (nSPS) is 18.5. The van der Waals surface area contributed by atoms with Crippen LogP contribution in [0.2, 0.25) is 0 Å². The molecule has 4 atom stereocenters. The van der Waals surface area contributed by atoms with E-state index in [1.165, 1.54) is 0 Å². The molecule has 1 aromatic heterocycles. The molecule has 1 amide bonds. The van der Waals surface area contributed by atoms with Gasteiger partial charge >= 0.3 is 0 Å². The third-order valence-corrected chi connectivity index (χ3v) is 7.35. The number of nitrogens with one attached hydrogen (secondary N) is 1. The first-order valence-corrected chi connectivity index (χ1v) is 12.9. The van der Waals surface area contributed by atoms with Gasteiger partial charge < -0.3 is 24.8 Å². The second kappa shape index (κ2) is 11.3. The molecular formula is C31H34N2O4. The lowest BCUT2D eigenvalue weighted by Gasteiger charge is -2.24. The number of carbonyl (C=O) groups excluding carboxylic acids is 1. The highest BCUT2D eigenvalue weighted by atomic mass is 16.5. The Morgan fingerprint density at radius 3 is 2.57 bits per heavy atom. The summed E-state index contributed by atoms with van der Waals surface area (Å²) >= 11 is 0. The maximum Gasteiger partial charge on any atom is 0.224 e. The van der Waals surface area contributed by atoms with Crippen molar-refractivity contribution in [3.05, 3.63) is 107 Å². The Kier molecular flexibility index (Phi) is 7.70. The number of para-hydroxylation sites is 1. The lowest BCUT2D eigenvalue weighted by Crippen LogP contribution is -2.40. The van der Waals surface area contributed by atoms with Crippen LogP contribution in [0.1, 0.15) is 34.8 Å². The quantitative estimate of drug-likeness (QED) is 0.306. The summed E-state index contributed by atoms with van der Waals surface area (Å²) in [5, 5.41) is 26.1. The number of rotatable bonds is 10. The number of aliphatic hydroxyl groups excluding tert-OH is 2. The second-order valence-corrected chi connectivity index (χ2v) is 9.98. The van der Waals surface area contributed by atoms with Gasteiger partial charge in [-0.25, -0.2) is 0 Å². The van der Waals surface area contributed by atoms with Crippen molar-refractivity contribution in [2.45, 2.75) is 50.7 Å². The van der Waals surface area contributed by atoms with E-state index < -0.39 is 24.2 Å². The Hall–Kier alpha value is -3.45. The molecule has 0 saturated carbocycles. The van der Waals surface area contributed by atoms with Gasteiger partial charge in [0, 0.05) is 31.6 Å². The first-order chi connectivity index (χ1) is 18.0. The van der Waals surface area contributed by atoms with Crippen molar-refractivity contribution in [3.63, 3.8) is 0 Å². The summed E-state index contributed by atoms with van der Waals surface area (Å²) in [5.41, 5.74) is 5.08. The van der Waals surface area contributed by atoms with Crippen molar-refractivity contribution >= 4 is 16.8 Å². The fraction of sp³-hybridized carbons (Fsp3) is 0.323. The summed E-state index contributed by atoms with van der Waals surface area (Å²) in [6.07, 6.45) is 0.367. The van der Waals surface area contributed by atoms with E-state index in [-0.39, 0.29) is 5.91 Å². The fourth-order valence-corrected chi connectivity index (χ4v) is 5.57. The van der Waals surface area contributed by atoms with Crippen molar-refractivity contribution in [1.82, 2.24) is 9.88 Å². The molecule has 6 nitrogen and oxygen atoms in total. The highest BCUT2D eigenvalue weighted by Crippen LogP contribution is 2.32. The molecule has 4 aromatic rings. The molecule has 1 aliphatic carbocycles. The van der Waals surface area contributed by atoms with Crippen LogP contribution in [0.25, 0.3) is 10.9 Å². The van der Waals surface area contributed by atoms with Crippen molar-refractivity contribution in [1.29, 1.82) is 0 Å². The predicted molar refractivity (Wildman–Crippen MR) is 144 cm³/mol. The van der Waals surface area contributed by atoms with Crippen molar-refractivity contribution in [3.8, 4) is 0 Å². The first-order valence-electron chi connectivity index (χ1n) is 12.9. The van der Waals surface area contributed by atoms with Crippen LogP contribution in [0, 0.1) is 5.92 Å². The number of methoxy groups -OCH3 is 1. The maximum absolute atomic E-state index is 13.6. The van der Waals surface area contributed by atoms with Gasteiger partial charge in [0.15, 0.2) is 0 Å². The number of fused-ring (bicyclic) bond motifs is 2. The van der Waals surface area contributed by atoms with E-state index in [2.05, 4.69) is 16.0 Å². The van der Waals surface area contributed by atoms with Gasteiger partial charge in [-0.2, -0.15) is 0 Å². The number of aromatic nitrogens is 1. The molecule has 1 heterocycles. The van der Waals surface area contributed by atoms with E-state index >= 15 is 0 Å². The number of nitrogens with zero attached hydrogens (tertiary/aromatic N) is 1. The summed E-state index contributed by atoms with van der Waals surface area (Å²) in [6, 6.07) is 27.4.